The first kappa shape index (κ1) is 18.5. The maximum Gasteiger partial charge on any atom is 0.344 e. The van der Waals surface area contributed by atoms with Crippen LogP contribution in [0, 0.1) is 0 Å². The van der Waals surface area contributed by atoms with E-state index in [1.54, 1.807) is 18.4 Å². The van der Waals surface area contributed by atoms with Crippen LogP contribution in [0.4, 0.5) is 0 Å². The van der Waals surface area contributed by atoms with Gasteiger partial charge in [0.05, 0.1) is 23.1 Å². The zero-order chi connectivity index (χ0) is 17.5. The maximum atomic E-state index is 12.7. The van der Waals surface area contributed by atoms with Crippen molar-refractivity contribution in [3.05, 3.63) is 51.6 Å². The van der Waals surface area contributed by atoms with Gasteiger partial charge in [0.25, 0.3) is 0 Å². The summed E-state index contributed by atoms with van der Waals surface area (Å²) in [5.74, 6) is 1.59. The highest BCUT2D eigenvalue weighted by atomic mass is 32.1. The number of fused-ring (bicyclic) bond motifs is 1. The standard InChI is InChI=1S/C20H26O3S/c1-5-7-9-11-17-19-16(12-13-24-19)18(20(21)23-17)15(10-8-6-2)14(3)22-4/h5,12-13H,1,6-11H2,2-4H3/b15-14+. The third kappa shape index (κ3) is 3.99. The van der Waals surface area contributed by atoms with Gasteiger partial charge in [0.2, 0.25) is 0 Å². The molecule has 0 unspecified atom stereocenters. The van der Waals surface area contributed by atoms with Gasteiger partial charge in [0, 0.05) is 17.4 Å². The van der Waals surface area contributed by atoms with Gasteiger partial charge >= 0.3 is 5.63 Å². The average Bonchev–Trinajstić information content (AvgIpc) is 3.06. The molecule has 24 heavy (non-hydrogen) atoms. The number of unbranched alkanes of at least 4 members (excludes halogenated alkanes) is 2. The van der Waals surface area contributed by atoms with Crippen LogP contribution < -0.4 is 5.63 Å². The fraction of sp³-hybridized carbons (Fsp3) is 0.450. The zero-order valence-corrected chi connectivity index (χ0v) is 15.6. The molecule has 0 atom stereocenters. The Morgan fingerprint density at radius 1 is 1.42 bits per heavy atom. The topological polar surface area (TPSA) is 39.4 Å². The molecule has 0 aliphatic carbocycles. The number of ether oxygens (including phenoxy) is 1. The summed E-state index contributed by atoms with van der Waals surface area (Å²) >= 11 is 1.63. The van der Waals surface area contributed by atoms with Crippen LogP contribution in [0.3, 0.4) is 0 Å². The van der Waals surface area contributed by atoms with Crippen LogP contribution in [0.1, 0.15) is 57.3 Å². The van der Waals surface area contributed by atoms with Gasteiger partial charge in [0.1, 0.15) is 5.76 Å². The van der Waals surface area contributed by atoms with Crippen LogP contribution in [-0.4, -0.2) is 7.11 Å². The van der Waals surface area contributed by atoms with E-state index in [1.165, 1.54) is 0 Å². The van der Waals surface area contributed by atoms with E-state index in [0.29, 0.717) is 5.56 Å². The second kappa shape index (κ2) is 8.88. The second-order valence-corrected chi connectivity index (χ2v) is 6.79. The van der Waals surface area contributed by atoms with Crippen molar-refractivity contribution in [1.29, 1.82) is 0 Å². The molecule has 3 nitrogen and oxygen atoms in total. The van der Waals surface area contributed by atoms with E-state index in [1.807, 2.05) is 24.4 Å². The molecule has 0 aliphatic rings. The molecular weight excluding hydrogens is 320 g/mol. The SMILES string of the molecule is C=CCCCc1oc(=O)c(/C(CCCC)=C(\C)OC)c2ccsc12. The molecule has 4 heteroatoms. The van der Waals surface area contributed by atoms with Gasteiger partial charge in [0.15, 0.2) is 0 Å². The summed E-state index contributed by atoms with van der Waals surface area (Å²) in [5, 5.41) is 3.02. The van der Waals surface area contributed by atoms with Gasteiger partial charge < -0.3 is 9.15 Å². The third-order valence-electron chi connectivity index (χ3n) is 4.23. The molecule has 0 radical (unpaired) electrons. The number of allylic oxidation sites excluding steroid dienone is 3. The molecule has 2 heterocycles. The molecule has 2 aromatic heterocycles. The molecule has 0 aliphatic heterocycles. The molecule has 2 aromatic rings. The number of thiophene rings is 1. The van der Waals surface area contributed by atoms with Gasteiger partial charge in [-0.2, -0.15) is 0 Å². The summed E-state index contributed by atoms with van der Waals surface area (Å²) < 4.78 is 12.2. The second-order valence-electron chi connectivity index (χ2n) is 5.87. The molecule has 0 fully saturated rings. The minimum atomic E-state index is -0.253. The average molecular weight is 346 g/mol. The zero-order valence-electron chi connectivity index (χ0n) is 14.8. The summed E-state index contributed by atoms with van der Waals surface area (Å²) in [6.45, 7) is 7.81. The minimum Gasteiger partial charge on any atom is -0.501 e. The maximum absolute atomic E-state index is 12.7. The smallest absolute Gasteiger partial charge is 0.344 e. The Balaban J connectivity index is 2.56. The Hall–Kier alpha value is -1.81. The normalized spacial score (nSPS) is 12.3. The predicted molar refractivity (Wildman–Crippen MR) is 103 cm³/mol. The summed E-state index contributed by atoms with van der Waals surface area (Å²) in [6.07, 6.45) is 7.42. The largest absolute Gasteiger partial charge is 0.501 e. The van der Waals surface area contributed by atoms with E-state index in [4.69, 9.17) is 9.15 Å². The van der Waals surface area contributed by atoms with Crippen LogP contribution in [0.5, 0.6) is 0 Å². The number of hydrogen-bond acceptors (Lipinski definition) is 4. The molecule has 0 saturated heterocycles. The molecule has 0 saturated carbocycles. The quantitative estimate of drug-likeness (QED) is 0.321. The predicted octanol–water partition coefficient (Wildman–Crippen LogP) is 5.93. The van der Waals surface area contributed by atoms with Gasteiger partial charge in [-0.15, -0.1) is 17.9 Å². The molecule has 130 valence electrons. The van der Waals surface area contributed by atoms with Crippen molar-refractivity contribution in [3.8, 4) is 0 Å². The minimum absolute atomic E-state index is 0.253. The highest BCUT2D eigenvalue weighted by Gasteiger charge is 2.19. The van der Waals surface area contributed by atoms with E-state index >= 15 is 0 Å². The number of hydrogen-bond donors (Lipinski definition) is 0. The summed E-state index contributed by atoms with van der Waals surface area (Å²) in [6, 6.07) is 2.03. The van der Waals surface area contributed by atoms with Gasteiger partial charge in [-0.1, -0.05) is 19.4 Å². The molecule has 0 spiro atoms. The summed E-state index contributed by atoms with van der Waals surface area (Å²) in [4.78, 5) is 12.7. The first-order valence-corrected chi connectivity index (χ1v) is 9.40. The number of methoxy groups -OCH3 is 1. The Labute approximate surface area is 147 Å². The number of rotatable bonds is 9. The van der Waals surface area contributed by atoms with Crippen molar-refractivity contribution in [2.24, 2.45) is 0 Å². The van der Waals surface area contributed by atoms with Crippen molar-refractivity contribution >= 4 is 27.0 Å². The molecular formula is C20H26O3S. The lowest BCUT2D eigenvalue weighted by molar-refractivity contribution is 0.294. The van der Waals surface area contributed by atoms with Crippen LogP contribution >= 0.6 is 11.3 Å². The van der Waals surface area contributed by atoms with Crippen LogP contribution in [0.15, 0.2) is 39.1 Å². The lowest BCUT2D eigenvalue weighted by atomic mass is 9.97. The highest BCUT2D eigenvalue weighted by Crippen LogP contribution is 2.33. The number of aryl methyl sites for hydroxylation is 1. The molecule has 2 rings (SSSR count). The van der Waals surface area contributed by atoms with Gasteiger partial charge in [-0.3, -0.25) is 0 Å². The van der Waals surface area contributed by atoms with Gasteiger partial charge in [-0.05, 0) is 44.1 Å². The Morgan fingerprint density at radius 3 is 2.88 bits per heavy atom. The fourth-order valence-corrected chi connectivity index (χ4v) is 3.76. The molecule has 0 amide bonds. The van der Waals surface area contributed by atoms with Crippen molar-refractivity contribution in [2.45, 2.75) is 52.4 Å². The van der Waals surface area contributed by atoms with E-state index in [0.717, 1.165) is 65.7 Å². The Bertz CT molecular complexity index is 780. The monoisotopic (exact) mass is 346 g/mol. The van der Waals surface area contributed by atoms with Crippen molar-refractivity contribution < 1.29 is 9.15 Å². The highest BCUT2D eigenvalue weighted by molar-refractivity contribution is 7.17. The third-order valence-corrected chi connectivity index (χ3v) is 5.19. The first-order valence-electron chi connectivity index (χ1n) is 8.52. The van der Waals surface area contributed by atoms with E-state index in [9.17, 15) is 4.79 Å². The van der Waals surface area contributed by atoms with Crippen molar-refractivity contribution in [2.75, 3.05) is 7.11 Å². The Morgan fingerprint density at radius 2 is 2.21 bits per heavy atom. The first-order chi connectivity index (χ1) is 11.6. The summed E-state index contributed by atoms with van der Waals surface area (Å²) in [5.41, 5.74) is 1.39. The fourth-order valence-electron chi connectivity index (χ4n) is 2.85. The van der Waals surface area contributed by atoms with Gasteiger partial charge in [-0.25, -0.2) is 4.79 Å². The summed E-state index contributed by atoms with van der Waals surface area (Å²) in [7, 11) is 1.65. The van der Waals surface area contributed by atoms with Crippen LogP contribution in [0.25, 0.3) is 15.7 Å². The van der Waals surface area contributed by atoms with Crippen molar-refractivity contribution in [1.82, 2.24) is 0 Å². The molecule has 0 N–H and O–H groups in total. The molecule has 0 aromatic carbocycles. The van der Waals surface area contributed by atoms with E-state index < -0.39 is 0 Å². The lowest BCUT2D eigenvalue weighted by Gasteiger charge is -2.13. The lowest BCUT2D eigenvalue weighted by Crippen LogP contribution is -2.10. The van der Waals surface area contributed by atoms with Crippen LogP contribution in [0.2, 0.25) is 0 Å². The Kier molecular flexibility index (Phi) is 6.85. The molecule has 0 bridgehead atoms. The van der Waals surface area contributed by atoms with E-state index in [-0.39, 0.29) is 5.63 Å². The van der Waals surface area contributed by atoms with Crippen LogP contribution in [-0.2, 0) is 11.2 Å². The van der Waals surface area contributed by atoms with E-state index in [2.05, 4.69) is 13.5 Å². The van der Waals surface area contributed by atoms with Crippen molar-refractivity contribution in [3.63, 3.8) is 0 Å².